The van der Waals surface area contributed by atoms with Crippen molar-refractivity contribution in [2.45, 2.75) is 26.3 Å². The largest absolute Gasteiger partial charge is 0.494 e. The summed E-state index contributed by atoms with van der Waals surface area (Å²) < 4.78 is 30.9. The van der Waals surface area contributed by atoms with Crippen LogP contribution in [0.25, 0.3) is 11.0 Å². The van der Waals surface area contributed by atoms with Gasteiger partial charge in [0, 0.05) is 0 Å². The molecule has 0 bridgehead atoms. The number of nitrogens with zero attached hydrogens (tertiary/aromatic N) is 2. The third-order valence-corrected chi connectivity index (χ3v) is 7.12. The maximum Gasteiger partial charge on any atom is 0.350 e. The molecule has 1 atom stereocenters. The molecule has 38 heavy (non-hydrogen) atoms. The van der Waals surface area contributed by atoms with Gasteiger partial charge in [-0.3, -0.25) is 14.5 Å². The van der Waals surface area contributed by atoms with E-state index in [0.717, 1.165) is 29.9 Å². The van der Waals surface area contributed by atoms with Gasteiger partial charge < -0.3 is 13.9 Å². The van der Waals surface area contributed by atoms with Crippen LogP contribution in [0.5, 0.6) is 5.75 Å². The van der Waals surface area contributed by atoms with E-state index in [1.807, 2.05) is 6.92 Å². The number of ether oxygens (including phenoxy) is 2. The van der Waals surface area contributed by atoms with Crippen molar-refractivity contribution >= 4 is 39.3 Å². The van der Waals surface area contributed by atoms with Crippen LogP contribution in [-0.4, -0.2) is 30.1 Å². The summed E-state index contributed by atoms with van der Waals surface area (Å²) in [6.45, 7) is 7.66. The molecule has 1 unspecified atom stereocenters. The van der Waals surface area contributed by atoms with Crippen LogP contribution >= 0.6 is 11.3 Å². The zero-order valence-electron chi connectivity index (χ0n) is 20.7. The van der Waals surface area contributed by atoms with E-state index >= 15 is 0 Å². The smallest absolute Gasteiger partial charge is 0.350 e. The topological polar surface area (TPSA) is 98.9 Å². The molecule has 2 aromatic carbocycles. The highest BCUT2D eigenvalue weighted by molar-refractivity contribution is 7.17. The van der Waals surface area contributed by atoms with Crippen LogP contribution in [0.3, 0.4) is 0 Å². The van der Waals surface area contributed by atoms with Crippen molar-refractivity contribution in [3.63, 3.8) is 0 Å². The molecule has 194 valence electrons. The van der Waals surface area contributed by atoms with Gasteiger partial charge in [0.2, 0.25) is 5.76 Å². The molecule has 3 heterocycles. The summed E-state index contributed by atoms with van der Waals surface area (Å²) in [5.41, 5.74) is 0.559. The average Bonchev–Trinajstić information content (AvgIpc) is 3.44. The lowest BCUT2D eigenvalue weighted by atomic mass is 9.98. The van der Waals surface area contributed by atoms with E-state index < -0.39 is 29.2 Å². The molecule has 2 aromatic heterocycles. The standard InChI is InChI=1S/C28H23FN2O6S/c1-4-11-35-18-8-6-7-16(13-18)22-21-23(32)19-14-17(29)9-10-20(19)37-24(21)26(33)31(22)28-30-15(3)25(38-28)27(34)36-12-5-2/h5-10,13-14,22H,2,4,11-12H2,1,3H3. The molecule has 0 aliphatic carbocycles. The Morgan fingerprint density at radius 2 is 2.08 bits per heavy atom. The molecule has 5 rings (SSSR count). The number of halogens is 1. The molecule has 0 radical (unpaired) electrons. The lowest BCUT2D eigenvalue weighted by molar-refractivity contribution is 0.0554. The number of carbonyl (C=O) groups is 2. The zero-order chi connectivity index (χ0) is 27.0. The van der Waals surface area contributed by atoms with Crippen molar-refractivity contribution in [3.8, 4) is 5.75 Å². The second-order valence-corrected chi connectivity index (χ2v) is 9.59. The van der Waals surface area contributed by atoms with E-state index in [0.29, 0.717) is 23.6 Å². The predicted octanol–water partition coefficient (Wildman–Crippen LogP) is 5.58. The molecule has 1 aliphatic heterocycles. The molecule has 0 saturated carbocycles. The van der Waals surface area contributed by atoms with Crippen LogP contribution in [0.1, 0.15) is 56.4 Å². The number of amides is 1. The molecule has 0 N–H and O–H groups in total. The molecular weight excluding hydrogens is 511 g/mol. The van der Waals surface area contributed by atoms with Crippen LogP contribution in [0.4, 0.5) is 9.52 Å². The monoisotopic (exact) mass is 534 g/mol. The molecule has 0 saturated heterocycles. The Morgan fingerprint density at radius 1 is 1.26 bits per heavy atom. The van der Waals surface area contributed by atoms with Crippen LogP contribution in [0.15, 0.2) is 64.3 Å². The molecule has 0 spiro atoms. The van der Waals surface area contributed by atoms with E-state index in [1.165, 1.54) is 17.0 Å². The Labute approximate surface area is 220 Å². The first-order valence-electron chi connectivity index (χ1n) is 11.9. The fourth-order valence-corrected chi connectivity index (χ4v) is 5.31. The molecule has 4 aromatic rings. The maximum atomic E-state index is 14.1. The fourth-order valence-electron chi connectivity index (χ4n) is 4.33. The lowest BCUT2D eigenvalue weighted by Crippen LogP contribution is -2.29. The van der Waals surface area contributed by atoms with Crippen LogP contribution in [0.2, 0.25) is 0 Å². The first-order chi connectivity index (χ1) is 18.3. The van der Waals surface area contributed by atoms with Gasteiger partial charge in [-0.2, -0.15) is 0 Å². The molecule has 10 heteroatoms. The number of hydrogen-bond donors (Lipinski definition) is 0. The maximum absolute atomic E-state index is 14.1. The third kappa shape index (κ3) is 4.37. The Kier molecular flexibility index (Phi) is 6.81. The van der Waals surface area contributed by atoms with Crippen molar-refractivity contribution < 1.29 is 27.9 Å². The van der Waals surface area contributed by atoms with E-state index in [-0.39, 0.29) is 38.9 Å². The molecule has 1 amide bonds. The molecule has 8 nitrogen and oxygen atoms in total. The number of rotatable bonds is 8. The minimum absolute atomic E-state index is 0.0193. The summed E-state index contributed by atoms with van der Waals surface area (Å²) in [6, 6.07) is 9.65. The fraction of sp³-hybridized carbons (Fsp3) is 0.214. The highest BCUT2D eigenvalue weighted by Gasteiger charge is 2.45. The van der Waals surface area contributed by atoms with Gasteiger partial charge >= 0.3 is 5.97 Å². The Bertz CT molecular complexity index is 1640. The van der Waals surface area contributed by atoms with Crippen LogP contribution in [-0.2, 0) is 4.74 Å². The molecule has 0 fully saturated rings. The van der Waals surface area contributed by atoms with E-state index in [1.54, 1.807) is 31.2 Å². The van der Waals surface area contributed by atoms with Gasteiger partial charge in [0.1, 0.15) is 28.6 Å². The summed E-state index contributed by atoms with van der Waals surface area (Å²) in [7, 11) is 0. The number of aromatic nitrogens is 1. The number of esters is 1. The zero-order valence-corrected chi connectivity index (χ0v) is 21.5. The van der Waals surface area contributed by atoms with E-state index in [2.05, 4.69) is 11.6 Å². The minimum atomic E-state index is -0.950. The number of fused-ring (bicyclic) bond motifs is 2. The number of hydrogen-bond acceptors (Lipinski definition) is 8. The highest BCUT2D eigenvalue weighted by atomic mass is 32.1. The Hall–Kier alpha value is -4.31. The van der Waals surface area contributed by atoms with Crippen molar-refractivity contribution in [3.05, 3.63) is 98.6 Å². The number of carbonyl (C=O) groups excluding carboxylic acids is 2. The van der Waals surface area contributed by atoms with Gasteiger partial charge in [0.15, 0.2) is 10.6 Å². The summed E-state index contributed by atoms with van der Waals surface area (Å²) in [4.78, 5) is 46.1. The van der Waals surface area contributed by atoms with Gasteiger partial charge in [0.25, 0.3) is 5.91 Å². The first-order valence-corrected chi connectivity index (χ1v) is 12.7. The van der Waals surface area contributed by atoms with Crippen LogP contribution < -0.4 is 15.1 Å². The van der Waals surface area contributed by atoms with Gasteiger partial charge in [-0.15, -0.1) is 0 Å². The second-order valence-electron chi connectivity index (χ2n) is 8.61. The number of aryl methyl sites for hydroxylation is 1. The highest BCUT2D eigenvalue weighted by Crippen LogP contribution is 2.43. The summed E-state index contributed by atoms with van der Waals surface area (Å²) >= 11 is 0.969. The van der Waals surface area contributed by atoms with Gasteiger partial charge in [0.05, 0.1) is 29.3 Å². The summed E-state index contributed by atoms with van der Waals surface area (Å²) in [5.74, 6) is -1.41. The quantitative estimate of drug-likeness (QED) is 0.215. The van der Waals surface area contributed by atoms with E-state index in [4.69, 9.17) is 13.9 Å². The van der Waals surface area contributed by atoms with Crippen molar-refractivity contribution in [2.75, 3.05) is 18.1 Å². The minimum Gasteiger partial charge on any atom is -0.494 e. The lowest BCUT2D eigenvalue weighted by Gasteiger charge is -2.23. The second kappa shape index (κ2) is 10.2. The van der Waals surface area contributed by atoms with Crippen molar-refractivity contribution in [1.29, 1.82) is 0 Å². The number of benzene rings is 2. The SMILES string of the molecule is C=CCOC(=O)c1sc(N2C(=O)c3oc4ccc(F)cc4c(=O)c3C2c2cccc(OCCC)c2)nc1C. The number of anilines is 1. The Morgan fingerprint density at radius 3 is 2.84 bits per heavy atom. The van der Waals surface area contributed by atoms with Crippen molar-refractivity contribution in [1.82, 2.24) is 4.98 Å². The summed E-state index contributed by atoms with van der Waals surface area (Å²) in [5, 5.41) is 0.203. The third-order valence-electron chi connectivity index (χ3n) is 5.99. The van der Waals surface area contributed by atoms with Gasteiger partial charge in [-0.05, 0) is 49.2 Å². The predicted molar refractivity (Wildman–Crippen MR) is 141 cm³/mol. The van der Waals surface area contributed by atoms with E-state index in [9.17, 15) is 18.8 Å². The molecule has 1 aliphatic rings. The van der Waals surface area contributed by atoms with Gasteiger partial charge in [-0.1, -0.05) is 43.0 Å². The normalized spacial score (nSPS) is 14.6. The molecular formula is C28H23FN2O6S. The summed E-state index contributed by atoms with van der Waals surface area (Å²) in [6.07, 6.45) is 2.25. The Balaban J connectivity index is 1.70. The number of thiazole rings is 1. The average molecular weight is 535 g/mol. The van der Waals surface area contributed by atoms with Gasteiger partial charge in [-0.25, -0.2) is 14.2 Å². The van der Waals surface area contributed by atoms with Crippen LogP contribution in [0, 0.1) is 12.7 Å². The first kappa shape index (κ1) is 25.3. The van der Waals surface area contributed by atoms with Crippen molar-refractivity contribution in [2.24, 2.45) is 0 Å².